The molecule has 0 aliphatic carbocycles. The first-order valence-corrected chi connectivity index (χ1v) is 2.80. The topological polar surface area (TPSA) is 26.3 Å². The molecule has 2 nitrogen and oxygen atoms in total. The molecule has 0 aromatic heterocycles. The van der Waals surface area contributed by atoms with E-state index in [0.717, 1.165) is 0 Å². The second-order valence-corrected chi connectivity index (χ2v) is 1.70. The molecule has 0 saturated heterocycles. The molecule has 1 aromatic rings. The third-order valence-electron chi connectivity index (χ3n) is 1.07. The van der Waals surface area contributed by atoms with Crippen molar-refractivity contribution in [1.29, 1.82) is 0 Å². The Kier molecular flexibility index (Phi) is 1.35. The van der Waals surface area contributed by atoms with E-state index in [4.69, 9.17) is 7.48 Å². The first kappa shape index (κ1) is 4.50. The second-order valence-electron chi connectivity index (χ2n) is 1.70. The van der Waals surface area contributed by atoms with Gasteiger partial charge in [-0.25, -0.2) is 0 Å². The Labute approximate surface area is 62.2 Å². The zero-order valence-electron chi connectivity index (χ0n) is 7.55. The van der Waals surface area contributed by atoms with Crippen molar-refractivity contribution in [3.63, 3.8) is 0 Å². The van der Waals surface area contributed by atoms with E-state index in [0.29, 0.717) is 12.0 Å². The lowest BCUT2D eigenvalue weighted by molar-refractivity contribution is 0.112. The summed E-state index contributed by atoms with van der Waals surface area (Å²) in [5, 5.41) is 0. The van der Waals surface area contributed by atoms with Crippen LogP contribution in [0.4, 0.5) is 0 Å². The molecule has 52 valence electrons. The molecule has 0 unspecified atom stereocenters. The monoisotopic (exact) mass is 138 g/mol. The summed E-state index contributed by atoms with van der Waals surface area (Å²) in [6.07, 6.45) is 0.493. The molecule has 1 rings (SSSR count). The first-order chi connectivity index (χ1) is 5.70. The van der Waals surface area contributed by atoms with Crippen molar-refractivity contribution >= 4 is 6.29 Å². The highest BCUT2D eigenvalue weighted by Crippen LogP contribution is 2.10. The maximum atomic E-state index is 10.4. The summed E-state index contributed by atoms with van der Waals surface area (Å²) in [4.78, 5) is 10.4. The van der Waals surface area contributed by atoms with Crippen LogP contribution in [0.2, 0.25) is 0 Å². The Balaban J connectivity index is 3.33. The van der Waals surface area contributed by atoms with Crippen LogP contribution in [0.25, 0.3) is 0 Å². The van der Waals surface area contributed by atoms with Crippen LogP contribution >= 0.6 is 0 Å². The van der Waals surface area contributed by atoms with Crippen molar-refractivity contribution in [2.45, 2.75) is 0 Å². The van der Waals surface area contributed by atoms with Crippen molar-refractivity contribution in [2.24, 2.45) is 0 Å². The Morgan fingerprint density at radius 1 is 1.80 bits per heavy atom. The van der Waals surface area contributed by atoms with E-state index in [1.54, 1.807) is 0 Å². The molecule has 0 atom stereocenters. The Morgan fingerprint density at radius 2 is 2.60 bits per heavy atom. The maximum Gasteiger partial charge on any atom is 0.150 e. The van der Waals surface area contributed by atoms with E-state index in [2.05, 4.69) is 0 Å². The fourth-order valence-electron chi connectivity index (χ4n) is 0.600. The normalized spacial score (nSPS) is 11.7. The third-order valence-corrected chi connectivity index (χ3v) is 1.07. The van der Waals surface area contributed by atoms with E-state index >= 15 is 0 Å². The molecule has 0 amide bonds. The number of methoxy groups -OCH3 is 1. The quantitative estimate of drug-likeness (QED) is 0.579. The number of rotatable bonds is 2. The van der Waals surface area contributed by atoms with Crippen LogP contribution in [0.15, 0.2) is 24.2 Å². The predicted molar refractivity (Wildman–Crippen MR) is 38.4 cm³/mol. The molecular formula is C8H8O2. The lowest BCUT2D eigenvalue weighted by Crippen LogP contribution is -1.84. The number of hydrogen-bond donors (Lipinski definition) is 0. The molecule has 0 aliphatic heterocycles. The van der Waals surface area contributed by atoms with Crippen molar-refractivity contribution in [3.05, 3.63) is 29.8 Å². The predicted octanol–water partition coefficient (Wildman–Crippen LogP) is 1.51. The van der Waals surface area contributed by atoms with Crippen LogP contribution < -0.4 is 4.74 Å². The first-order valence-electron chi connectivity index (χ1n) is 3.80. The number of benzene rings is 1. The van der Waals surface area contributed by atoms with Gasteiger partial charge in [-0.15, -0.1) is 0 Å². The maximum absolute atomic E-state index is 10.4. The van der Waals surface area contributed by atoms with Gasteiger partial charge < -0.3 is 4.74 Å². The van der Waals surface area contributed by atoms with Gasteiger partial charge in [0.15, 0.2) is 0 Å². The van der Waals surface area contributed by atoms with Crippen LogP contribution in [0.1, 0.15) is 13.1 Å². The summed E-state index contributed by atoms with van der Waals surface area (Å²) in [7, 11) is 1.42. The molecule has 0 spiro atoms. The smallest absolute Gasteiger partial charge is 0.150 e. The van der Waals surface area contributed by atoms with Crippen LogP contribution in [0, 0.1) is 0 Å². The molecule has 0 fully saturated rings. The van der Waals surface area contributed by atoms with E-state index < -0.39 is 0 Å². The van der Waals surface area contributed by atoms with Crippen LogP contribution in [-0.4, -0.2) is 13.4 Å². The van der Waals surface area contributed by atoms with Gasteiger partial charge in [0.2, 0.25) is 0 Å². The molecular weight excluding hydrogens is 128 g/mol. The Hall–Kier alpha value is -1.31. The summed E-state index contributed by atoms with van der Waals surface area (Å²) in [5.41, 5.74) is 0.0642. The lowest BCUT2D eigenvalue weighted by atomic mass is 10.2. The Bertz CT molecular complexity index is 310. The number of ether oxygens (including phenoxy) is 1. The molecule has 0 saturated carbocycles. The standard InChI is InChI=1S/C8H8O2/c1-10-8-4-2-3-7(5-8)6-9/h2-6H,1H3/i3D,5D. The van der Waals surface area contributed by atoms with Gasteiger partial charge >= 0.3 is 0 Å². The highest BCUT2D eigenvalue weighted by Gasteiger charge is 1.90. The fourth-order valence-corrected chi connectivity index (χ4v) is 0.600. The molecule has 0 heterocycles. The zero-order valence-corrected chi connectivity index (χ0v) is 5.55. The molecule has 10 heavy (non-hydrogen) atoms. The van der Waals surface area contributed by atoms with Gasteiger partial charge in [-0.05, 0) is 12.1 Å². The summed E-state index contributed by atoms with van der Waals surface area (Å²) < 4.78 is 19.5. The van der Waals surface area contributed by atoms with Crippen LogP contribution in [-0.2, 0) is 0 Å². The lowest BCUT2D eigenvalue weighted by Gasteiger charge is -1.97. The number of hydrogen-bond acceptors (Lipinski definition) is 2. The van der Waals surface area contributed by atoms with E-state index in [1.165, 1.54) is 19.2 Å². The summed E-state index contributed by atoms with van der Waals surface area (Å²) in [5.74, 6) is 0.313. The summed E-state index contributed by atoms with van der Waals surface area (Å²) >= 11 is 0. The zero-order chi connectivity index (χ0) is 9.14. The summed E-state index contributed by atoms with van der Waals surface area (Å²) in [6.45, 7) is 0. The minimum absolute atomic E-state index is 0.0278. The molecule has 0 N–H and O–H groups in total. The third kappa shape index (κ3) is 1.35. The minimum Gasteiger partial charge on any atom is -0.497 e. The van der Waals surface area contributed by atoms with E-state index in [1.807, 2.05) is 0 Å². The van der Waals surface area contributed by atoms with Crippen molar-refractivity contribution < 1.29 is 12.3 Å². The second kappa shape index (κ2) is 3.01. The van der Waals surface area contributed by atoms with Crippen molar-refractivity contribution in [1.82, 2.24) is 0 Å². The van der Waals surface area contributed by atoms with Crippen LogP contribution in [0.5, 0.6) is 5.75 Å². The minimum atomic E-state index is -0.0278. The molecule has 0 aliphatic rings. The number of carbonyl (C=O) groups excluding carboxylic acids is 1. The highest BCUT2D eigenvalue weighted by molar-refractivity contribution is 5.75. The molecule has 2 heteroatoms. The number of aldehydes is 1. The van der Waals surface area contributed by atoms with Gasteiger partial charge in [0, 0.05) is 5.56 Å². The van der Waals surface area contributed by atoms with Crippen molar-refractivity contribution in [2.75, 3.05) is 7.11 Å². The molecule has 0 radical (unpaired) electrons. The van der Waals surface area contributed by atoms with Gasteiger partial charge in [0.1, 0.15) is 12.0 Å². The van der Waals surface area contributed by atoms with Gasteiger partial charge in [-0.3, -0.25) is 4.79 Å². The summed E-state index contributed by atoms with van der Waals surface area (Å²) in [6, 6.07) is 2.95. The SMILES string of the molecule is [2H]c1ccc(OC)c([2H])c1C=O. The largest absolute Gasteiger partial charge is 0.497 e. The molecule has 1 aromatic carbocycles. The van der Waals surface area contributed by atoms with Gasteiger partial charge in [0.05, 0.1) is 9.85 Å². The molecule has 0 bridgehead atoms. The van der Waals surface area contributed by atoms with E-state index in [-0.39, 0.29) is 17.6 Å². The van der Waals surface area contributed by atoms with Gasteiger partial charge in [-0.1, -0.05) is 12.1 Å². The van der Waals surface area contributed by atoms with Crippen molar-refractivity contribution in [3.8, 4) is 5.75 Å². The average molecular weight is 138 g/mol. The average Bonchev–Trinajstić information content (AvgIpc) is 2.06. The van der Waals surface area contributed by atoms with E-state index in [9.17, 15) is 4.79 Å². The van der Waals surface area contributed by atoms with Gasteiger partial charge in [0.25, 0.3) is 0 Å². The van der Waals surface area contributed by atoms with Gasteiger partial charge in [-0.2, -0.15) is 0 Å². The Morgan fingerprint density at radius 3 is 3.20 bits per heavy atom. The number of carbonyl (C=O) groups is 1. The van der Waals surface area contributed by atoms with Crippen LogP contribution in [0.3, 0.4) is 0 Å². The fraction of sp³-hybridized carbons (Fsp3) is 0.125. The highest BCUT2D eigenvalue weighted by atomic mass is 16.5.